The molecule has 3 aliphatic heterocycles. The van der Waals surface area contributed by atoms with Gasteiger partial charge in [0.2, 0.25) is 0 Å². The van der Waals surface area contributed by atoms with Crippen LogP contribution in [0.1, 0.15) is 110 Å². The number of fused-ring (bicyclic) bond motifs is 16. The van der Waals surface area contributed by atoms with Crippen molar-refractivity contribution in [2.75, 3.05) is 9.71 Å². The first-order chi connectivity index (χ1) is 36.5. The summed E-state index contributed by atoms with van der Waals surface area (Å²) in [6.45, 7) is 16.7. The number of benzene rings is 9. The smallest absolute Gasteiger partial charge is 0.334 e. The first-order valence-electron chi connectivity index (χ1n) is 27.6. The predicted molar refractivity (Wildman–Crippen MR) is 321 cm³/mol. The zero-order valence-corrected chi connectivity index (χ0v) is 45.1. The van der Waals surface area contributed by atoms with Crippen molar-refractivity contribution in [3.63, 3.8) is 0 Å². The molecule has 364 valence electrons. The molecule has 0 amide bonds. The zero-order valence-electron chi connectivity index (χ0n) is 44.2. The third-order valence-electron chi connectivity index (χ3n) is 18.6. The fourth-order valence-corrected chi connectivity index (χ4v) is 16.2. The molecule has 0 bridgehead atoms. The van der Waals surface area contributed by atoms with Gasteiger partial charge in [-0.15, -0.1) is 11.3 Å². The first-order valence-corrected chi connectivity index (χ1v) is 28.4. The number of unbranched alkanes of at least 4 members (excludes halogenated alkanes) is 1. The fraction of sp³-hybridized carbons (Fsp3) is 0.211. The van der Waals surface area contributed by atoms with Gasteiger partial charge < -0.3 is 9.71 Å². The summed E-state index contributed by atoms with van der Waals surface area (Å²) in [5.74, 6) is 0. The van der Waals surface area contributed by atoms with Crippen LogP contribution in [0.2, 0.25) is 0 Å². The Morgan fingerprint density at radius 2 is 1.12 bits per heavy atom. The van der Waals surface area contributed by atoms with Crippen molar-refractivity contribution in [3.05, 3.63) is 232 Å². The van der Waals surface area contributed by atoms with E-state index >= 15 is 0 Å². The van der Waals surface area contributed by atoms with Gasteiger partial charge in [-0.1, -0.05) is 181 Å². The molecule has 5 aliphatic rings. The van der Waals surface area contributed by atoms with E-state index in [1.165, 1.54) is 169 Å². The Bertz CT molecular complexity index is 4000. The number of thiophene rings is 1. The minimum Gasteiger partial charge on any atom is -0.376 e. The Morgan fingerprint density at radius 1 is 0.493 bits per heavy atom. The monoisotopic (exact) mass is 984 g/mol. The quantitative estimate of drug-likeness (QED) is 0.153. The summed E-state index contributed by atoms with van der Waals surface area (Å²) in [5.41, 5.74) is 30.3. The van der Waals surface area contributed by atoms with Crippen LogP contribution in [-0.4, -0.2) is 6.85 Å². The van der Waals surface area contributed by atoms with Crippen molar-refractivity contribution in [1.29, 1.82) is 0 Å². The van der Waals surface area contributed by atoms with Gasteiger partial charge in [-0.25, -0.2) is 0 Å². The predicted octanol–water partition coefficient (Wildman–Crippen LogP) is 17.9. The Labute approximate surface area is 447 Å². The van der Waals surface area contributed by atoms with Crippen LogP contribution in [0.25, 0.3) is 54.6 Å². The average Bonchev–Trinajstić information content (AvgIpc) is 4.00. The lowest BCUT2D eigenvalue weighted by Crippen LogP contribution is -2.63. The molecular weight excluding hydrogens is 924 g/mol. The molecule has 9 aromatic carbocycles. The van der Waals surface area contributed by atoms with E-state index in [4.69, 9.17) is 0 Å². The Hall–Kier alpha value is -7.40. The fourth-order valence-electron chi connectivity index (χ4n) is 14.9. The number of rotatable bonds is 6. The van der Waals surface area contributed by atoms with E-state index in [1.54, 1.807) is 0 Å². The number of hydrogen-bond donors (Lipinski definition) is 0. The normalized spacial score (nSPS) is 16.2. The van der Waals surface area contributed by atoms with Crippen molar-refractivity contribution < 1.29 is 0 Å². The second-order valence-corrected chi connectivity index (χ2v) is 24.7. The van der Waals surface area contributed by atoms with Crippen LogP contribution in [0.15, 0.2) is 182 Å². The largest absolute Gasteiger partial charge is 0.376 e. The van der Waals surface area contributed by atoms with Crippen LogP contribution in [0.4, 0.5) is 27.8 Å². The summed E-state index contributed by atoms with van der Waals surface area (Å²) in [5, 5.41) is 2.71. The summed E-state index contributed by atoms with van der Waals surface area (Å²) in [6, 6.07) is 71.3. The van der Waals surface area contributed by atoms with E-state index in [0.717, 1.165) is 6.42 Å². The Kier molecular flexibility index (Phi) is 9.64. The number of para-hydroxylation sites is 2. The SMILES string of the molecule is CCCCc1ccc(N2c3cc(-c4c(C)cccc4C)cc4c3B(c3c2sc2cc5c(cc32)C(C)(C)CCC5(C)C)N2c3ccccc3C3(c5ccccc5-c5ccccc53)c3cccc-4c32)c(-c2ccccc2)c1. The molecule has 1 aromatic heterocycles. The highest BCUT2D eigenvalue weighted by Crippen LogP contribution is 2.65. The third kappa shape index (κ3) is 6.09. The summed E-state index contributed by atoms with van der Waals surface area (Å²) < 4.78 is 1.37. The minimum atomic E-state index is -0.519. The molecule has 1 spiro atoms. The maximum atomic E-state index is 2.84. The van der Waals surface area contributed by atoms with Crippen molar-refractivity contribution in [1.82, 2.24) is 0 Å². The molecule has 2 nitrogen and oxygen atoms in total. The molecule has 4 heteroatoms. The van der Waals surface area contributed by atoms with E-state index in [-0.39, 0.29) is 17.7 Å². The van der Waals surface area contributed by atoms with E-state index in [1.807, 2.05) is 11.3 Å². The average molecular weight is 985 g/mol. The van der Waals surface area contributed by atoms with Crippen LogP contribution < -0.4 is 20.6 Å². The number of aryl methyl sites for hydroxylation is 3. The second-order valence-electron chi connectivity index (χ2n) is 23.7. The summed E-state index contributed by atoms with van der Waals surface area (Å²) in [4.78, 5) is 5.57. The molecule has 15 rings (SSSR count). The molecule has 0 N–H and O–H groups in total. The van der Waals surface area contributed by atoms with Gasteiger partial charge in [0.1, 0.15) is 0 Å². The van der Waals surface area contributed by atoms with Crippen molar-refractivity contribution >= 4 is 66.9 Å². The van der Waals surface area contributed by atoms with Gasteiger partial charge in [-0.2, -0.15) is 0 Å². The van der Waals surface area contributed by atoms with Gasteiger partial charge in [0.05, 0.1) is 16.1 Å². The van der Waals surface area contributed by atoms with Gasteiger partial charge >= 0.3 is 6.85 Å². The van der Waals surface area contributed by atoms with Crippen LogP contribution in [0, 0.1) is 13.8 Å². The van der Waals surface area contributed by atoms with Gasteiger partial charge in [0, 0.05) is 32.9 Å². The van der Waals surface area contributed by atoms with E-state index in [9.17, 15) is 0 Å². The van der Waals surface area contributed by atoms with Gasteiger partial charge in [0.15, 0.2) is 0 Å². The second kappa shape index (κ2) is 16.1. The number of nitrogens with zero attached hydrogens (tertiary/aromatic N) is 2. The highest BCUT2D eigenvalue weighted by molar-refractivity contribution is 7.26. The van der Waals surface area contributed by atoms with Crippen LogP contribution >= 0.6 is 11.3 Å². The summed E-state index contributed by atoms with van der Waals surface area (Å²) in [7, 11) is 0. The number of anilines is 5. The molecule has 75 heavy (non-hydrogen) atoms. The third-order valence-corrected chi connectivity index (χ3v) is 19.7. The lowest BCUT2D eigenvalue weighted by molar-refractivity contribution is 0.332. The first kappa shape index (κ1) is 45.0. The molecular formula is C71H61BN2S. The lowest BCUT2D eigenvalue weighted by atomic mass is 9.42. The van der Waals surface area contributed by atoms with Crippen LogP contribution in [0.5, 0.6) is 0 Å². The van der Waals surface area contributed by atoms with E-state index in [0.29, 0.717) is 0 Å². The van der Waals surface area contributed by atoms with Crippen molar-refractivity contribution in [2.24, 2.45) is 0 Å². The van der Waals surface area contributed by atoms with E-state index in [2.05, 4.69) is 240 Å². The maximum Gasteiger partial charge on any atom is 0.334 e. The molecule has 0 radical (unpaired) electrons. The van der Waals surface area contributed by atoms with Crippen LogP contribution in [0.3, 0.4) is 0 Å². The molecule has 0 saturated carbocycles. The molecule has 2 aliphatic carbocycles. The molecule has 0 atom stereocenters. The van der Waals surface area contributed by atoms with Gasteiger partial charge in [-0.05, 0) is 193 Å². The zero-order chi connectivity index (χ0) is 50.7. The summed E-state index contributed by atoms with van der Waals surface area (Å²) >= 11 is 2.02. The molecule has 10 aromatic rings. The summed E-state index contributed by atoms with van der Waals surface area (Å²) in [6.07, 6.45) is 5.74. The van der Waals surface area contributed by atoms with Crippen LogP contribution in [-0.2, 0) is 22.7 Å². The topological polar surface area (TPSA) is 6.48 Å². The maximum absolute atomic E-state index is 2.84. The molecule has 0 unspecified atom stereocenters. The minimum absolute atomic E-state index is 0.0417. The Morgan fingerprint density at radius 3 is 1.84 bits per heavy atom. The number of hydrogen-bond acceptors (Lipinski definition) is 3. The molecule has 4 heterocycles. The van der Waals surface area contributed by atoms with Gasteiger partial charge in [-0.3, -0.25) is 0 Å². The van der Waals surface area contributed by atoms with E-state index < -0.39 is 5.41 Å². The Balaban J connectivity index is 1.13. The standard InChI is InChI=1S/C71H61BN2S/c1-8-9-23-45-34-35-60(51(38-45)46-24-11-10-12-25-46)73-62-40-47(64-43(2)21-19-22-44(64)3)39-52-50-28-20-32-57-67(50)74(61-33-18-17-31-56(61)71(57)54-29-15-13-26-48(54)49-27-14-16-30-55(49)71)72(65(52)62)66-53-41-58-59(42-63(53)75-68(66)73)70(6,7)37-36-69(58,4)5/h10-22,24-35,38-42H,8-9,23,36-37H2,1-7H3. The lowest BCUT2D eigenvalue weighted by Gasteiger charge is -2.52. The molecule has 0 saturated heterocycles. The van der Waals surface area contributed by atoms with Crippen molar-refractivity contribution in [2.45, 2.75) is 96.8 Å². The highest BCUT2D eigenvalue weighted by Gasteiger charge is 2.57. The highest BCUT2D eigenvalue weighted by atomic mass is 32.1. The van der Waals surface area contributed by atoms with Gasteiger partial charge in [0.25, 0.3) is 0 Å². The van der Waals surface area contributed by atoms with Crippen molar-refractivity contribution in [3.8, 4) is 44.5 Å². The molecule has 0 fully saturated rings.